The summed E-state index contributed by atoms with van der Waals surface area (Å²) in [6, 6.07) is 31.3. The second-order valence-electron chi connectivity index (χ2n) is 10.5. The van der Waals surface area contributed by atoms with Gasteiger partial charge in [-0.1, -0.05) is 0 Å². The van der Waals surface area contributed by atoms with Gasteiger partial charge in [0.1, 0.15) is 0 Å². The normalized spacial score (nSPS) is 20.6. The molecule has 0 aromatic heterocycles. The second kappa shape index (κ2) is 9.61. The van der Waals surface area contributed by atoms with Crippen LogP contribution in [0.25, 0.3) is 11.1 Å². The minimum absolute atomic E-state index is 0.0592. The van der Waals surface area contributed by atoms with E-state index in [2.05, 4.69) is 36.4 Å². The first-order valence-corrected chi connectivity index (χ1v) is 15.1. The van der Waals surface area contributed by atoms with Crippen molar-refractivity contribution < 1.29 is 18.7 Å². The number of ether oxygens (including phenoxy) is 1. The maximum atomic E-state index is 14.5. The fraction of sp³-hybridized carbons (Fsp3) is 0.212. The van der Waals surface area contributed by atoms with Gasteiger partial charge in [-0.15, -0.1) is 0 Å². The molecule has 0 radical (unpaired) electrons. The Kier molecular flexibility index (Phi) is 6.02. The molecule has 1 fully saturated rings. The summed E-state index contributed by atoms with van der Waals surface area (Å²) in [5, 5.41) is 0. The zero-order valence-electron chi connectivity index (χ0n) is 21.9. The van der Waals surface area contributed by atoms with Crippen LogP contribution in [0, 0.1) is 5.82 Å². The Labute approximate surface area is 238 Å². The van der Waals surface area contributed by atoms with E-state index >= 15 is 0 Å². The molecule has 7 rings (SSSR count). The minimum atomic E-state index is -0.572. The van der Waals surface area contributed by atoms with Gasteiger partial charge in [0.15, 0.2) is 0 Å². The predicted octanol–water partition coefficient (Wildman–Crippen LogP) is 5.40. The number of nitrogens with zero attached hydrogens (tertiary/aromatic N) is 2. The summed E-state index contributed by atoms with van der Waals surface area (Å²) >= 11 is -0.131. The van der Waals surface area contributed by atoms with E-state index in [0.29, 0.717) is 18.7 Å². The van der Waals surface area contributed by atoms with Gasteiger partial charge in [0.2, 0.25) is 0 Å². The topological polar surface area (TPSA) is 49.9 Å². The van der Waals surface area contributed by atoms with Crippen LogP contribution in [-0.2, 0) is 13.8 Å². The molecule has 7 heteroatoms. The SMILES string of the molecule is CC(=O)N1c2cc(F)ccc2C2([Se]c3ccccc3)CCN(C(=O)OCC3c4ccccc4-c4ccccc43)C12. The molecule has 3 aliphatic rings. The Morgan fingerprint density at radius 1 is 0.925 bits per heavy atom. The van der Waals surface area contributed by atoms with Crippen LogP contribution in [0.15, 0.2) is 97.1 Å². The molecule has 2 heterocycles. The Morgan fingerprint density at radius 3 is 2.25 bits per heavy atom. The first-order valence-electron chi connectivity index (χ1n) is 13.4. The molecule has 0 saturated carbocycles. The van der Waals surface area contributed by atoms with Crippen LogP contribution in [0.5, 0.6) is 0 Å². The van der Waals surface area contributed by atoms with Crippen LogP contribution in [0.4, 0.5) is 14.9 Å². The number of benzene rings is 4. The number of rotatable bonds is 4. The first-order chi connectivity index (χ1) is 19.5. The molecule has 4 aromatic carbocycles. The molecular formula is C33H27FN2O3Se. The number of halogens is 1. The van der Waals surface area contributed by atoms with Gasteiger partial charge in [0, 0.05) is 0 Å². The van der Waals surface area contributed by atoms with Crippen LogP contribution in [0.1, 0.15) is 36.0 Å². The molecular weight excluding hydrogens is 570 g/mol. The van der Waals surface area contributed by atoms with Gasteiger partial charge in [-0.3, -0.25) is 0 Å². The van der Waals surface area contributed by atoms with Crippen molar-refractivity contribution in [1.29, 1.82) is 0 Å². The van der Waals surface area contributed by atoms with E-state index in [1.807, 2.05) is 42.5 Å². The van der Waals surface area contributed by atoms with E-state index < -0.39 is 22.4 Å². The van der Waals surface area contributed by atoms with Crippen molar-refractivity contribution in [2.75, 3.05) is 18.1 Å². The molecule has 2 unspecified atom stereocenters. The van der Waals surface area contributed by atoms with E-state index in [-0.39, 0.29) is 33.4 Å². The fourth-order valence-electron chi connectivity index (χ4n) is 6.67. The van der Waals surface area contributed by atoms with Gasteiger partial charge in [0.05, 0.1) is 0 Å². The molecule has 0 N–H and O–H groups in total. The third kappa shape index (κ3) is 3.80. The summed E-state index contributed by atoms with van der Waals surface area (Å²) < 4.78 is 21.2. The quantitative estimate of drug-likeness (QED) is 0.296. The summed E-state index contributed by atoms with van der Waals surface area (Å²) in [6.45, 7) is 2.14. The number of carbonyl (C=O) groups is 2. The molecule has 2 aliphatic heterocycles. The van der Waals surface area contributed by atoms with Crippen molar-refractivity contribution >= 4 is 37.1 Å². The van der Waals surface area contributed by atoms with Gasteiger partial charge in [0.25, 0.3) is 0 Å². The standard InChI is InChI=1S/C33H27FN2O3Se/c1-21(37)36-30-19-22(34)15-16-29(30)33(40-23-9-3-2-4-10-23)17-18-35(31(33)36)32(38)39-20-28-26-13-7-5-11-24(26)25-12-6-8-14-27(25)28/h2-16,19,28,31H,17-18,20H2,1H3. The number of likely N-dealkylation sites (tertiary alicyclic amines) is 1. The zero-order chi connectivity index (χ0) is 27.4. The van der Waals surface area contributed by atoms with E-state index in [0.717, 1.165) is 21.2 Å². The fourth-order valence-corrected chi connectivity index (χ4v) is 9.88. The molecule has 4 aromatic rings. The Morgan fingerprint density at radius 2 is 1.57 bits per heavy atom. The summed E-state index contributed by atoms with van der Waals surface area (Å²) in [5.74, 6) is -0.683. The molecule has 1 aliphatic carbocycles. The van der Waals surface area contributed by atoms with E-state index in [4.69, 9.17) is 4.74 Å². The van der Waals surface area contributed by atoms with Crippen LogP contribution < -0.4 is 9.36 Å². The molecule has 2 amide bonds. The Balaban J connectivity index is 1.22. The van der Waals surface area contributed by atoms with Gasteiger partial charge in [-0.25, -0.2) is 0 Å². The van der Waals surface area contributed by atoms with E-state index in [1.165, 1.54) is 30.2 Å². The summed E-state index contributed by atoms with van der Waals surface area (Å²) in [7, 11) is 0. The molecule has 2 atom stereocenters. The van der Waals surface area contributed by atoms with Crippen LogP contribution in [-0.4, -0.2) is 51.2 Å². The third-order valence-corrected chi connectivity index (χ3v) is 11.5. The monoisotopic (exact) mass is 598 g/mol. The van der Waals surface area contributed by atoms with Crippen LogP contribution >= 0.6 is 0 Å². The van der Waals surface area contributed by atoms with Gasteiger partial charge in [-0.05, 0) is 0 Å². The van der Waals surface area contributed by atoms with Crippen molar-refractivity contribution in [3.05, 3.63) is 120 Å². The number of anilines is 1. The predicted molar refractivity (Wildman–Crippen MR) is 153 cm³/mol. The molecule has 0 spiro atoms. The van der Waals surface area contributed by atoms with Gasteiger partial charge >= 0.3 is 239 Å². The average Bonchev–Trinajstić information content (AvgIpc) is 3.57. The summed E-state index contributed by atoms with van der Waals surface area (Å²) in [6.07, 6.45) is -0.353. The number of hydrogen-bond acceptors (Lipinski definition) is 3. The number of amides is 2. The van der Waals surface area contributed by atoms with Crippen molar-refractivity contribution in [3.8, 4) is 11.1 Å². The Hall–Kier alpha value is -3.93. The average molecular weight is 598 g/mol. The molecule has 40 heavy (non-hydrogen) atoms. The molecule has 5 nitrogen and oxygen atoms in total. The molecule has 1 saturated heterocycles. The van der Waals surface area contributed by atoms with Crippen LogP contribution in [0.2, 0.25) is 0 Å². The molecule has 200 valence electrons. The first kappa shape index (κ1) is 25.1. The molecule has 0 bridgehead atoms. The van der Waals surface area contributed by atoms with Crippen molar-refractivity contribution in [2.45, 2.75) is 29.7 Å². The van der Waals surface area contributed by atoms with Crippen molar-refractivity contribution in [2.24, 2.45) is 0 Å². The summed E-state index contributed by atoms with van der Waals surface area (Å²) in [5.41, 5.74) is 6.10. The van der Waals surface area contributed by atoms with E-state index in [1.54, 1.807) is 15.9 Å². The van der Waals surface area contributed by atoms with Crippen molar-refractivity contribution in [1.82, 2.24) is 4.90 Å². The number of carbonyl (C=O) groups excluding carboxylic acids is 2. The van der Waals surface area contributed by atoms with E-state index in [9.17, 15) is 14.0 Å². The Bertz CT molecular complexity index is 1600. The van der Waals surface area contributed by atoms with Gasteiger partial charge in [-0.2, -0.15) is 0 Å². The zero-order valence-corrected chi connectivity index (χ0v) is 23.6. The maximum absolute atomic E-state index is 14.5. The summed E-state index contributed by atoms with van der Waals surface area (Å²) in [4.78, 5) is 30.2. The third-order valence-electron chi connectivity index (χ3n) is 8.31. The van der Waals surface area contributed by atoms with Crippen molar-refractivity contribution in [3.63, 3.8) is 0 Å². The van der Waals surface area contributed by atoms with Crippen LogP contribution in [0.3, 0.4) is 0 Å². The van der Waals surface area contributed by atoms with Gasteiger partial charge < -0.3 is 0 Å². The number of hydrogen-bond donors (Lipinski definition) is 0. The number of fused-ring (bicyclic) bond motifs is 6. The second-order valence-corrected chi connectivity index (χ2v) is 13.4.